The van der Waals surface area contributed by atoms with Crippen molar-refractivity contribution in [2.24, 2.45) is 0 Å². The summed E-state index contributed by atoms with van der Waals surface area (Å²) in [5, 5.41) is 0. The van der Waals surface area contributed by atoms with Gasteiger partial charge in [0.25, 0.3) is 0 Å². The lowest BCUT2D eigenvalue weighted by atomic mass is 10.0. The number of anilines is 1. The molecule has 0 radical (unpaired) electrons. The van der Waals surface area contributed by atoms with Crippen molar-refractivity contribution in [1.82, 2.24) is 4.98 Å². The van der Waals surface area contributed by atoms with Crippen LogP contribution in [0.2, 0.25) is 0 Å². The zero-order valence-corrected chi connectivity index (χ0v) is 14.1. The van der Waals surface area contributed by atoms with Gasteiger partial charge in [-0.05, 0) is 45.0 Å². The van der Waals surface area contributed by atoms with Gasteiger partial charge in [0.1, 0.15) is 11.4 Å². The summed E-state index contributed by atoms with van der Waals surface area (Å²) in [6.45, 7) is 5.39. The molecule has 1 heterocycles. The van der Waals surface area contributed by atoms with Gasteiger partial charge in [0, 0.05) is 5.56 Å². The first-order valence-electron chi connectivity index (χ1n) is 7.40. The molecule has 0 aliphatic carbocycles. The molecular weight excluding hydrogens is 308 g/mol. The lowest BCUT2D eigenvalue weighted by Crippen LogP contribution is -2.23. The second kappa shape index (κ2) is 6.70. The predicted octanol–water partition coefficient (Wildman–Crippen LogP) is 3.07. The second-order valence-electron chi connectivity index (χ2n) is 6.21. The average molecular weight is 328 g/mol. The molecule has 0 saturated heterocycles. The van der Waals surface area contributed by atoms with E-state index in [0.29, 0.717) is 16.8 Å². The largest absolute Gasteiger partial charge is 0.465 e. The molecule has 6 heteroatoms. The first kappa shape index (κ1) is 17.5. The van der Waals surface area contributed by atoms with Crippen molar-refractivity contribution >= 4 is 17.8 Å². The monoisotopic (exact) mass is 328 g/mol. The van der Waals surface area contributed by atoms with Crippen LogP contribution in [0.25, 0.3) is 11.3 Å². The molecule has 0 aliphatic rings. The van der Waals surface area contributed by atoms with E-state index >= 15 is 0 Å². The Morgan fingerprint density at radius 3 is 2.42 bits per heavy atom. The number of ether oxygens (including phenoxy) is 2. The van der Waals surface area contributed by atoms with Crippen LogP contribution in [-0.4, -0.2) is 29.6 Å². The summed E-state index contributed by atoms with van der Waals surface area (Å²) < 4.78 is 10.1. The molecule has 24 heavy (non-hydrogen) atoms. The highest BCUT2D eigenvalue weighted by Gasteiger charge is 2.20. The summed E-state index contributed by atoms with van der Waals surface area (Å²) in [6, 6.07) is 9.75. The van der Waals surface area contributed by atoms with Crippen LogP contribution in [0, 0.1) is 0 Å². The Kier molecular flexibility index (Phi) is 4.87. The highest BCUT2D eigenvalue weighted by Crippen LogP contribution is 2.25. The zero-order valence-electron chi connectivity index (χ0n) is 14.1. The molecule has 126 valence electrons. The zero-order chi connectivity index (χ0) is 17.9. The Bertz CT molecular complexity index is 779. The number of hydrogen-bond acceptors (Lipinski definition) is 6. The maximum Gasteiger partial charge on any atom is 0.340 e. The Labute approximate surface area is 140 Å². The number of rotatable bonds is 3. The van der Waals surface area contributed by atoms with E-state index in [4.69, 9.17) is 15.2 Å². The number of carbonyl (C=O) groups excluding carboxylic acids is 2. The fourth-order valence-corrected chi connectivity index (χ4v) is 2.10. The van der Waals surface area contributed by atoms with Gasteiger partial charge >= 0.3 is 11.9 Å². The highest BCUT2D eigenvalue weighted by molar-refractivity contribution is 5.97. The Balaban J connectivity index is 2.47. The third kappa shape index (κ3) is 4.10. The SMILES string of the molecule is COC(=O)c1ccc(N)nc1-c1cccc(C(=O)OC(C)(C)C)c1. The van der Waals surface area contributed by atoms with Gasteiger partial charge in [0.05, 0.1) is 23.9 Å². The van der Waals surface area contributed by atoms with Crippen molar-refractivity contribution in [3.8, 4) is 11.3 Å². The van der Waals surface area contributed by atoms with E-state index in [1.807, 2.05) is 0 Å². The van der Waals surface area contributed by atoms with Gasteiger partial charge in [-0.3, -0.25) is 0 Å². The van der Waals surface area contributed by atoms with Crippen LogP contribution >= 0.6 is 0 Å². The van der Waals surface area contributed by atoms with Crippen LogP contribution in [-0.2, 0) is 9.47 Å². The first-order valence-corrected chi connectivity index (χ1v) is 7.40. The van der Waals surface area contributed by atoms with Gasteiger partial charge in [0.2, 0.25) is 0 Å². The van der Waals surface area contributed by atoms with Crippen molar-refractivity contribution in [1.29, 1.82) is 0 Å². The number of benzene rings is 1. The van der Waals surface area contributed by atoms with E-state index in [1.165, 1.54) is 13.2 Å². The molecule has 0 saturated carbocycles. The Morgan fingerprint density at radius 1 is 1.08 bits per heavy atom. The van der Waals surface area contributed by atoms with Crippen molar-refractivity contribution in [3.05, 3.63) is 47.5 Å². The lowest BCUT2D eigenvalue weighted by molar-refractivity contribution is 0.00694. The second-order valence-corrected chi connectivity index (χ2v) is 6.21. The fourth-order valence-electron chi connectivity index (χ4n) is 2.10. The van der Waals surface area contributed by atoms with E-state index < -0.39 is 17.5 Å². The minimum Gasteiger partial charge on any atom is -0.465 e. The molecule has 0 fully saturated rings. The minimum atomic E-state index is -0.598. The van der Waals surface area contributed by atoms with Crippen LogP contribution in [0.4, 0.5) is 5.82 Å². The van der Waals surface area contributed by atoms with Crippen LogP contribution in [0.3, 0.4) is 0 Å². The smallest absolute Gasteiger partial charge is 0.340 e. The average Bonchev–Trinajstić information content (AvgIpc) is 2.52. The number of nitrogen functional groups attached to an aromatic ring is 1. The molecule has 0 atom stereocenters. The predicted molar refractivity (Wildman–Crippen MR) is 90.6 cm³/mol. The van der Waals surface area contributed by atoms with E-state index in [1.54, 1.807) is 51.1 Å². The van der Waals surface area contributed by atoms with Gasteiger partial charge in [0.15, 0.2) is 0 Å². The number of nitrogens with two attached hydrogens (primary N) is 1. The van der Waals surface area contributed by atoms with Gasteiger partial charge in [-0.1, -0.05) is 12.1 Å². The van der Waals surface area contributed by atoms with Crippen LogP contribution in [0.15, 0.2) is 36.4 Å². The van der Waals surface area contributed by atoms with E-state index in [2.05, 4.69) is 4.98 Å². The van der Waals surface area contributed by atoms with Crippen molar-refractivity contribution < 1.29 is 19.1 Å². The molecular formula is C18H20N2O4. The summed E-state index contributed by atoms with van der Waals surface area (Å²) >= 11 is 0. The standard InChI is InChI=1S/C18H20N2O4/c1-18(2,3)24-16(21)12-7-5-6-11(10-12)15-13(17(22)23-4)8-9-14(19)20-15/h5-10H,1-4H3,(H2,19,20). The van der Waals surface area contributed by atoms with Crippen molar-refractivity contribution in [2.45, 2.75) is 26.4 Å². The van der Waals surface area contributed by atoms with Gasteiger partial charge < -0.3 is 15.2 Å². The first-order chi connectivity index (χ1) is 11.2. The molecule has 2 aromatic rings. The van der Waals surface area contributed by atoms with Crippen molar-refractivity contribution in [2.75, 3.05) is 12.8 Å². The molecule has 0 aliphatic heterocycles. The number of methoxy groups -OCH3 is 1. The lowest BCUT2D eigenvalue weighted by Gasteiger charge is -2.19. The van der Waals surface area contributed by atoms with Gasteiger partial charge in [-0.2, -0.15) is 0 Å². The molecule has 0 amide bonds. The molecule has 1 aromatic heterocycles. The van der Waals surface area contributed by atoms with E-state index in [0.717, 1.165) is 0 Å². The normalized spacial score (nSPS) is 11.0. The summed E-state index contributed by atoms with van der Waals surface area (Å²) in [5.41, 5.74) is 6.70. The summed E-state index contributed by atoms with van der Waals surface area (Å²) in [7, 11) is 1.29. The van der Waals surface area contributed by atoms with E-state index in [9.17, 15) is 9.59 Å². The molecule has 6 nitrogen and oxygen atoms in total. The highest BCUT2D eigenvalue weighted by atomic mass is 16.6. The quantitative estimate of drug-likeness (QED) is 0.871. The van der Waals surface area contributed by atoms with Crippen LogP contribution < -0.4 is 5.73 Å². The molecule has 2 N–H and O–H groups in total. The Hall–Kier alpha value is -2.89. The van der Waals surface area contributed by atoms with Crippen LogP contribution in [0.5, 0.6) is 0 Å². The summed E-state index contributed by atoms with van der Waals surface area (Å²) in [4.78, 5) is 28.4. The number of pyridine rings is 1. The fraction of sp³-hybridized carbons (Fsp3) is 0.278. The van der Waals surface area contributed by atoms with Crippen molar-refractivity contribution in [3.63, 3.8) is 0 Å². The Morgan fingerprint density at radius 2 is 1.79 bits per heavy atom. The number of hydrogen-bond donors (Lipinski definition) is 1. The van der Waals surface area contributed by atoms with E-state index in [-0.39, 0.29) is 11.4 Å². The number of aromatic nitrogens is 1. The number of nitrogens with zero attached hydrogens (tertiary/aromatic N) is 1. The maximum atomic E-state index is 12.2. The molecule has 2 rings (SSSR count). The number of esters is 2. The molecule has 0 spiro atoms. The van der Waals surface area contributed by atoms with Gasteiger partial charge in [-0.25, -0.2) is 14.6 Å². The molecule has 1 aromatic carbocycles. The number of carbonyl (C=O) groups is 2. The summed E-state index contributed by atoms with van der Waals surface area (Å²) in [6.07, 6.45) is 0. The summed E-state index contributed by atoms with van der Waals surface area (Å²) in [5.74, 6) is -0.714. The topological polar surface area (TPSA) is 91.5 Å². The third-order valence-electron chi connectivity index (χ3n) is 3.09. The van der Waals surface area contributed by atoms with Crippen LogP contribution in [0.1, 0.15) is 41.5 Å². The van der Waals surface area contributed by atoms with Gasteiger partial charge in [-0.15, -0.1) is 0 Å². The third-order valence-corrected chi connectivity index (χ3v) is 3.09. The molecule has 0 bridgehead atoms. The molecule has 0 unspecified atom stereocenters. The minimum absolute atomic E-state index is 0.264. The maximum absolute atomic E-state index is 12.2.